The first kappa shape index (κ1) is 18.7. The van der Waals surface area contributed by atoms with Crippen molar-refractivity contribution in [1.82, 2.24) is 15.1 Å². The lowest BCUT2D eigenvalue weighted by Gasteiger charge is -2.28. The number of para-hydroxylation sites is 1. The van der Waals surface area contributed by atoms with Crippen LogP contribution in [-0.4, -0.2) is 52.3 Å². The number of likely N-dealkylation sites (N-methyl/N-ethyl adjacent to an activating group) is 1. The maximum absolute atomic E-state index is 12.8. The molecule has 136 valence electrons. The predicted octanol–water partition coefficient (Wildman–Crippen LogP) is 2.14. The minimum Gasteiger partial charge on any atom is -0.339 e. The Balaban J connectivity index is 2.09. The van der Waals surface area contributed by atoms with Gasteiger partial charge in [0.25, 0.3) is 5.69 Å². The van der Waals surface area contributed by atoms with Gasteiger partial charge in [-0.2, -0.15) is 0 Å². The molecule has 0 saturated carbocycles. The molecule has 0 radical (unpaired) electrons. The lowest BCUT2D eigenvalue weighted by molar-refractivity contribution is -0.385. The molecule has 1 heterocycles. The van der Waals surface area contributed by atoms with E-state index in [2.05, 4.69) is 5.32 Å². The molecule has 0 bridgehead atoms. The normalized spacial score (nSPS) is 16.8. The number of nitro groups is 1. The highest BCUT2D eigenvalue weighted by Crippen LogP contribution is 2.23. The van der Waals surface area contributed by atoms with Crippen LogP contribution in [0.25, 0.3) is 0 Å². The van der Waals surface area contributed by atoms with Crippen molar-refractivity contribution in [3.63, 3.8) is 0 Å². The Hall–Kier alpha value is -2.64. The zero-order chi connectivity index (χ0) is 18.6. The van der Waals surface area contributed by atoms with Crippen molar-refractivity contribution in [1.29, 1.82) is 0 Å². The summed E-state index contributed by atoms with van der Waals surface area (Å²) in [4.78, 5) is 38.7. The van der Waals surface area contributed by atoms with Crippen molar-refractivity contribution in [2.75, 3.05) is 13.6 Å². The highest BCUT2D eigenvalue weighted by molar-refractivity contribution is 5.87. The predicted molar refractivity (Wildman–Crippen MR) is 93.0 cm³/mol. The number of hydrogen-bond acceptors (Lipinski definition) is 4. The van der Waals surface area contributed by atoms with Gasteiger partial charge in [0.2, 0.25) is 5.91 Å². The molecule has 0 spiro atoms. The molecule has 1 aromatic carbocycles. The van der Waals surface area contributed by atoms with Crippen molar-refractivity contribution in [3.8, 4) is 0 Å². The summed E-state index contributed by atoms with van der Waals surface area (Å²) in [5.74, 6) is -0.199. The van der Waals surface area contributed by atoms with Gasteiger partial charge in [0.1, 0.15) is 6.04 Å². The Bertz CT molecular complexity index is 662. The molecule has 8 heteroatoms. The van der Waals surface area contributed by atoms with E-state index in [4.69, 9.17) is 0 Å². The molecule has 1 saturated heterocycles. The highest BCUT2D eigenvalue weighted by atomic mass is 16.6. The summed E-state index contributed by atoms with van der Waals surface area (Å²) in [6, 6.07) is 5.59. The number of rotatable bonds is 5. The monoisotopic (exact) mass is 348 g/mol. The van der Waals surface area contributed by atoms with Gasteiger partial charge in [-0.1, -0.05) is 18.2 Å². The Morgan fingerprint density at radius 2 is 2.08 bits per heavy atom. The first-order chi connectivity index (χ1) is 11.8. The molecule has 1 aliphatic heterocycles. The van der Waals surface area contributed by atoms with E-state index in [-0.39, 0.29) is 30.2 Å². The molecular weight excluding hydrogens is 324 g/mol. The Labute approximate surface area is 146 Å². The van der Waals surface area contributed by atoms with Crippen molar-refractivity contribution < 1.29 is 14.5 Å². The Morgan fingerprint density at radius 1 is 1.40 bits per heavy atom. The summed E-state index contributed by atoms with van der Waals surface area (Å²) in [5.41, 5.74) is 0.461. The first-order valence-electron chi connectivity index (χ1n) is 8.35. The molecule has 25 heavy (non-hydrogen) atoms. The van der Waals surface area contributed by atoms with E-state index in [1.54, 1.807) is 30.1 Å². The van der Waals surface area contributed by atoms with Crippen LogP contribution in [0, 0.1) is 10.1 Å². The SMILES string of the molecule is CC(C)NC(=O)N1CCC[C@H]1C(=O)N(C)Cc1ccccc1[N+](=O)[O-]. The van der Waals surface area contributed by atoms with Crippen LogP contribution in [0.15, 0.2) is 24.3 Å². The maximum Gasteiger partial charge on any atom is 0.318 e. The van der Waals surface area contributed by atoms with E-state index in [1.165, 1.54) is 11.0 Å². The summed E-state index contributed by atoms with van der Waals surface area (Å²) in [6.45, 7) is 4.40. The number of nitro benzene ring substituents is 1. The molecule has 2 rings (SSSR count). The van der Waals surface area contributed by atoms with Crippen LogP contribution in [0.4, 0.5) is 10.5 Å². The van der Waals surface area contributed by atoms with Gasteiger partial charge in [0, 0.05) is 31.3 Å². The number of nitrogens with zero attached hydrogens (tertiary/aromatic N) is 3. The molecule has 1 atom stereocenters. The highest BCUT2D eigenvalue weighted by Gasteiger charge is 2.36. The molecular formula is C17H24N4O4. The average molecular weight is 348 g/mol. The molecule has 0 aliphatic carbocycles. The second-order valence-electron chi connectivity index (χ2n) is 6.54. The van der Waals surface area contributed by atoms with E-state index in [0.29, 0.717) is 18.5 Å². The van der Waals surface area contributed by atoms with Gasteiger partial charge in [0.15, 0.2) is 0 Å². The third-order valence-corrected chi connectivity index (χ3v) is 4.18. The summed E-state index contributed by atoms with van der Waals surface area (Å²) < 4.78 is 0. The number of urea groups is 1. The number of nitrogens with one attached hydrogen (secondary N) is 1. The minimum absolute atomic E-state index is 0.00597. The standard InChI is InChI=1S/C17H24N4O4/c1-12(2)18-17(23)20-10-6-9-15(20)16(22)19(3)11-13-7-4-5-8-14(13)21(24)25/h4-5,7-8,12,15H,6,9-11H2,1-3H3,(H,18,23)/t15-/m0/s1. The third kappa shape index (κ3) is 4.46. The second-order valence-corrected chi connectivity index (χ2v) is 6.54. The fourth-order valence-corrected chi connectivity index (χ4v) is 3.01. The minimum atomic E-state index is -0.522. The zero-order valence-corrected chi connectivity index (χ0v) is 14.8. The number of amides is 3. The molecule has 1 aromatic rings. The largest absolute Gasteiger partial charge is 0.339 e. The number of carbonyl (C=O) groups is 2. The van der Waals surface area contributed by atoms with E-state index < -0.39 is 11.0 Å². The second kappa shape index (κ2) is 7.96. The van der Waals surface area contributed by atoms with Gasteiger partial charge in [-0.05, 0) is 26.7 Å². The van der Waals surface area contributed by atoms with Gasteiger partial charge in [-0.25, -0.2) is 4.79 Å². The fraction of sp³-hybridized carbons (Fsp3) is 0.529. The summed E-state index contributed by atoms with van der Waals surface area (Å²) >= 11 is 0. The smallest absolute Gasteiger partial charge is 0.318 e. The molecule has 0 unspecified atom stereocenters. The van der Waals surface area contributed by atoms with Crippen molar-refractivity contribution in [3.05, 3.63) is 39.9 Å². The molecule has 1 N–H and O–H groups in total. The zero-order valence-electron chi connectivity index (χ0n) is 14.8. The number of benzene rings is 1. The molecule has 8 nitrogen and oxygen atoms in total. The van der Waals surface area contributed by atoms with Crippen LogP contribution in [0.3, 0.4) is 0 Å². The maximum atomic E-state index is 12.8. The fourth-order valence-electron chi connectivity index (χ4n) is 3.01. The van der Waals surface area contributed by atoms with Gasteiger partial charge in [-0.3, -0.25) is 14.9 Å². The average Bonchev–Trinajstić information content (AvgIpc) is 3.03. The number of carbonyl (C=O) groups excluding carboxylic acids is 2. The van der Waals surface area contributed by atoms with E-state index in [1.807, 2.05) is 13.8 Å². The summed E-state index contributed by atoms with van der Waals surface area (Å²) in [6.07, 6.45) is 1.37. The van der Waals surface area contributed by atoms with Gasteiger partial charge in [-0.15, -0.1) is 0 Å². The van der Waals surface area contributed by atoms with Crippen LogP contribution in [-0.2, 0) is 11.3 Å². The van der Waals surface area contributed by atoms with E-state index in [9.17, 15) is 19.7 Å². The number of likely N-dealkylation sites (tertiary alicyclic amines) is 1. The molecule has 3 amide bonds. The van der Waals surface area contributed by atoms with Crippen molar-refractivity contribution >= 4 is 17.6 Å². The quantitative estimate of drug-likeness (QED) is 0.651. The van der Waals surface area contributed by atoms with Crippen LogP contribution in [0.2, 0.25) is 0 Å². The van der Waals surface area contributed by atoms with Crippen molar-refractivity contribution in [2.45, 2.75) is 45.3 Å². The van der Waals surface area contributed by atoms with Crippen LogP contribution in [0.5, 0.6) is 0 Å². The van der Waals surface area contributed by atoms with Crippen LogP contribution >= 0.6 is 0 Å². The Morgan fingerprint density at radius 3 is 2.72 bits per heavy atom. The van der Waals surface area contributed by atoms with Crippen molar-refractivity contribution in [2.24, 2.45) is 0 Å². The van der Waals surface area contributed by atoms with E-state index >= 15 is 0 Å². The third-order valence-electron chi connectivity index (χ3n) is 4.18. The first-order valence-corrected chi connectivity index (χ1v) is 8.35. The molecule has 1 fully saturated rings. The van der Waals surface area contributed by atoms with Crippen LogP contribution in [0.1, 0.15) is 32.3 Å². The van der Waals surface area contributed by atoms with Gasteiger partial charge >= 0.3 is 6.03 Å². The van der Waals surface area contributed by atoms with Crippen LogP contribution < -0.4 is 5.32 Å². The number of hydrogen-bond donors (Lipinski definition) is 1. The topological polar surface area (TPSA) is 95.8 Å². The lowest BCUT2D eigenvalue weighted by atomic mass is 10.1. The lowest BCUT2D eigenvalue weighted by Crippen LogP contribution is -2.51. The van der Waals surface area contributed by atoms with Gasteiger partial charge in [0.05, 0.1) is 11.5 Å². The molecule has 1 aliphatic rings. The summed E-state index contributed by atoms with van der Waals surface area (Å²) in [7, 11) is 1.61. The Kier molecular flexibility index (Phi) is 5.95. The summed E-state index contributed by atoms with van der Waals surface area (Å²) in [5, 5.41) is 13.9. The molecule has 0 aromatic heterocycles. The van der Waals surface area contributed by atoms with E-state index in [0.717, 1.165) is 6.42 Å². The van der Waals surface area contributed by atoms with Gasteiger partial charge < -0.3 is 15.1 Å².